The zero-order valence-electron chi connectivity index (χ0n) is 17.1. The zero-order valence-corrected chi connectivity index (χ0v) is 18.0. The van der Waals surface area contributed by atoms with E-state index in [1.165, 1.54) is 25.0 Å². The third-order valence-electron chi connectivity index (χ3n) is 4.80. The molecule has 9 heteroatoms. The summed E-state index contributed by atoms with van der Waals surface area (Å²) in [6.45, 7) is 10.5. The first kappa shape index (κ1) is 22.6. The van der Waals surface area contributed by atoms with Gasteiger partial charge in [0.05, 0.1) is 9.82 Å². The van der Waals surface area contributed by atoms with Gasteiger partial charge in [0.2, 0.25) is 10.0 Å². The molecule has 1 aliphatic rings. The first-order valence-electron chi connectivity index (χ1n) is 9.89. The van der Waals surface area contributed by atoms with Crippen molar-refractivity contribution in [3.63, 3.8) is 0 Å². The Morgan fingerprint density at radius 3 is 2.36 bits per heavy atom. The van der Waals surface area contributed by atoms with Crippen LogP contribution in [0.5, 0.6) is 0 Å². The van der Waals surface area contributed by atoms with E-state index in [9.17, 15) is 18.5 Å². The van der Waals surface area contributed by atoms with Gasteiger partial charge in [0, 0.05) is 24.7 Å². The molecular formula is C19H32N4O4S. The molecule has 1 heterocycles. The van der Waals surface area contributed by atoms with Crippen molar-refractivity contribution in [3.05, 3.63) is 28.3 Å². The average molecular weight is 413 g/mol. The number of anilines is 1. The summed E-state index contributed by atoms with van der Waals surface area (Å²) >= 11 is 0. The molecule has 0 saturated carbocycles. The smallest absolute Gasteiger partial charge is 0.293 e. The highest BCUT2D eigenvalue weighted by molar-refractivity contribution is 7.89. The zero-order chi connectivity index (χ0) is 20.9. The predicted octanol–water partition coefficient (Wildman–Crippen LogP) is 3.20. The van der Waals surface area contributed by atoms with E-state index < -0.39 is 14.9 Å². The van der Waals surface area contributed by atoms with E-state index in [1.807, 2.05) is 0 Å². The van der Waals surface area contributed by atoms with Crippen LogP contribution in [0.1, 0.15) is 47.0 Å². The van der Waals surface area contributed by atoms with Gasteiger partial charge in [0.15, 0.2) is 0 Å². The van der Waals surface area contributed by atoms with Gasteiger partial charge in [-0.3, -0.25) is 15.0 Å². The van der Waals surface area contributed by atoms with Crippen molar-refractivity contribution in [3.8, 4) is 0 Å². The summed E-state index contributed by atoms with van der Waals surface area (Å²) in [5.74, 6) is 0.525. The molecule has 28 heavy (non-hydrogen) atoms. The van der Waals surface area contributed by atoms with Crippen molar-refractivity contribution in [2.24, 2.45) is 5.92 Å². The second kappa shape index (κ2) is 9.67. The van der Waals surface area contributed by atoms with Gasteiger partial charge < -0.3 is 5.32 Å². The van der Waals surface area contributed by atoms with Gasteiger partial charge in [-0.25, -0.2) is 13.1 Å². The molecule has 158 valence electrons. The molecule has 1 aliphatic heterocycles. The molecule has 1 saturated heterocycles. The summed E-state index contributed by atoms with van der Waals surface area (Å²) < 4.78 is 27.1. The van der Waals surface area contributed by atoms with Crippen LogP contribution in [0.2, 0.25) is 0 Å². The maximum atomic E-state index is 12.3. The SMILES string of the molecule is CC(C)C[C@@H](CNc1ccc(S(=O)(=O)NC(C)C)cc1[N+](=O)[O-])N1CCCC1. The molecule has 2 rings (SSSR count). The molecule has 1 fully saturated rings. The van der Waals surface area contributed by atoms with E-state index in [-0.39, 0.29) is 16.6 Å². The molecule has 1 aromatic carbocycles. The van der Waals surface area contributed by atoms with Gasteiger partial charge in [-0.2, -0.15) is 0 Å². The number of nitro benzene ring substituents is 1. The normalized spacial score (nSPS) is 16.6. The third-order valence-corrected chi connectivity index (χ3v) is 6.45. The summed E-state index contributed by atoms with van der Waals surface area (Å²) in [6.07, 6.45) is 3.37. The Hall–Kier alpha value is -1.71. The fourth-order valence-electron chi connectivity index (χ4n) is 3.60. The van der Waals surface area contributed by atoms with E-state index in [2.05, 4.69) is 28.8 Å². The second-order valence-corrected chi connectivity index (χ2v) is 9.83. The minimum atomic E-state index is -3.78. The number of sulfonamides is 1. The van der Waals surface area contributed by atoms with Gasteiger partial charge >= 0.3 is 0 Å². The molecule has 0 spiro atoms. The van der Waals surface area contributed by atoms with Crippen LogP contribution in [0.3, 0.4) is 0 Å². The van der Waals surface area contributed by atoms with Crippen LogP contribution in [0.25, 0.3) is 0 Å². The number of hydrogen-bond donors (Lipinski definition) is 2. The van der Waals surface area contributed by atoms with Crippen molar-refractivity contribution in [1.82, 2.24) is 9.62 Å². The fraction of sp³-hybridized carbons (Fsp3) is 0.684. The van der Waals surface area contributed by atoms with Crippen molar-refractivity contribution in [2.45, 2.75) is 63.9 Å². The molecule has 0 aliphatic carbocycles. The predicted molar refractivity (Wildman–Crippen MR) is 111 cm³/mol. The summed E-state index contributed by atoms with van der Waals surface area (Å²) in [5.41, 5.74) is 0.123. The van der Waals surface area contributed by atoms with Crippen molar-refractivity contribution in [1.29, 1.82) is 0 Å². The van der Waals surface area contributed by atoms with Gasteiger partial charge in [-0.05, 0) is 64.3 Å². The molecule has 1 atom stereocenters. The minimum absolute atomic E-state index is 0.100. The standard InChI is InChI=1S/C19H32N4O4S/c1-14(2)11-16(22-9-5-6-10-22)13-20-18-8-7-17(12-19(18)23(24)25)28(26,27)21-15(3)4/h7-8,12,14-16,20-21H,5-6,9-11,13H2,1-4H3/t16-/m0/s1. The summed E-state index contributed by atoms with van der Waals surface area (Å²) in [4.78, 5) is 13.3. The largest absolute Gasteiger partial charge is 0.378 e. The van der Waals surface area contributed by atoms with E-state index in [4.69, 9.17) is 0 Å². The van der Waals surface area contributed by atoms with Gasteiger partial charge in [0.25, 0.3) is 5.69 Å². The third kappa shape index (κ3) is 6.15. The van der Waals surface area contributed by atoms with Crippen LogP contribution in [0.4, 0.5) is 11.4 Å². The monoisotopic (exact) mass is 412 g/mol. The van der Waals surface area contributed by atoms with Crippen LogP contribution in [-0.2, 0) is 10.0 Å². The van der Waals surface area contributed by atoms with Gasteiger partial charge in [-0.1, -0.05) is 13.8 Å². The number of nitro groups is 1. The lowest BCUT2D eigenvalue weighted by molar-refractivity contribution is -0.384. The Kier molecular flexibility index (Phi) is 7.79. The Bertz CT molecular complexity index is 774. The fourth-order valence-corrected chi connectivity index (χ4v) is 4.87. The highest BCUT2D eigenvalue weighted by Gasteiger charge is 2.25. The summed E-state index contributed by atoms with van der Waals surface area (Å²) in [6, 6.07) is 4.03. The topological polar surface area (TPSA) is 105 Å². The Balaban J connectivity index is 2.21. The number of nitrogens with zero attached hydrogens (tertiary/aromatic N) is 2. The number of likely N-dealkylation sites (tertiary alicyclic amines) is 1. The number of hydrogen-bond acceptors (Lipinski definition) is 6. The summed E-state index contributed by atoms with van der Waals surface area (Å²) in [5, 5.41) is 14.7. The molecule has 0 amide bonds. The summed E-state index contributed by atoms with van der Waals surface area (Å²) in [7, 11) is -3.78. The molecule has 8 nitrogen and oxygen atoms in total. The first-order chi connectivity index (χ1) is 13.1. The molecule has 2 N–H and O–H groups in total. The molecular weight excluding hydrogens is 380 g/mol. The Morgan fingerprint density at radius 1 is 1.18 bits per heavy atom. The Morgan fingerprint density at radius 2 is 1.82 bits per heavy atom. The van der Waals surface area contributed by atoms with E-state index in [0.717, 1.165) is 25.6 Å². The second-order valence-electron chi connectivity index (χ2n) is 8.12. The maximum absolute atomic E-state index is 12.3. The van der Waals surface area contributed by atoms with Crippen LogP contribution in [0, 0.1) is 16.0 Å². The molecule has 0 unspecified atom stereocenters. The quantitative estimate of drug-likeness (QED) is 0.452. The van der Waals surface area contributed by atoms with Crippen molar-refractivity contribution < 1.29 is 13.3 Å². The maximum Gasteiger partial charge on any atom is 0.293 e. The first-order valence-corrected chi connectivity index (χ1v) is 11.4. The molecule has 1 aromatic rings. The van der Waals surface area contributed by atoms with Crippen LogP contribution >= 0.6 is 0 Å². The number of nitrogens with one attached hydrogen (secondary N) is 2. The van der Waals surface area contributed by atoms with E-state index >= 15 is 0 Å². The van der Waals surface area contributed by atoms with Crippen LogP contribution in [0.15, 0.2) is 23.1 Å². The van der Waals surface area contributed by atoms with Crippen LogP contribution < -0.4 is 10.0 Å². The van der Waals surface area contributed by atoms with E-state index in [0.29, 0.717) is 24.2 Å². The van der Waals surface area contributed by atoms with E-state index in [1.54, 1.807) is 13.8 Å². The highest BCUT2D eigenvalue weighted by atomic mass is 32.2. The minimum Gasteiger partial charge on any atom is -0.378 e. The van der Waals surface area contributed by atoms with Crippen molar-refractivity contribution in [2.75, 3.05) is 25.0 Å². The number of benzene rings is 1. The highest BCUT2D eigenvalue weighted by Crippen LogP contribution is 2.28. The average Bonchev–Trinajstić information content (AvgIpc) is 3.11. The Labute approximate surface area is 167 Å². The van der Waals surface area contributed by atoms with Crippen molar-refractivity contribution >= 4 is 21.4 Å². The molecule has 0 radical (unpaired) electrons. The lowest BCUT2D eigenvalue weighted by atomic mass is 10.0. The lowest BCUT2D eigenvalue weighted by Crippen LogP contribution is -2.39. The van der Waals surface area contributed by atoms with Gasteiger partial charge in [-0.15, -0.1) is 0 Å². The van der Waals surface area contributed by atoms with Gasteiger partial charge in [0.1, 0.15) is 5.69 Å². The number of rotatable bonds is 10. The van der Waals surface area contributed by atoms with Crippen LogP contribution in [-0.4, -0.2) is 50.0 Å². The molecule has 0 aromatic heterocycles. The molecule has 0 bridgehead atoms. The lowest BCUT2D eigenvalue weighted by Gasteiger charge is -2.29.